The van der Waals surface area contributed by atoms with E-state index in [0.29, 0.717) is 6.04 Å². The first-order valence-electron chi connectivity index (χ1n) is 5.98. The van der Waals surface area contributed by atoms with Crippen molar-refractivity contribution in [3.05, 3.63) is 11.1 Å². The molecule has 1 saturated carbocycles. The monoisotopic (exact) mass is 240 g/mol. The predicted molar refractivity (Wildman–Crippen MR) is 68.0 cm³/mol. The summed E-state index contributed by atoms with van der Waals surface area (Å²) in [4.78, 5) is 6.86. The van der Waals surface area contributed by atoms with Crippen LogP contribution in [0.5, 0.6) is 0 Å². The van der Waals surface area contributed by atoms with Crippen molar-refractivity contribution in [2.24, 2.45) is 5.92 Å². The molecule has 1 fully saturated rings. The van der Waals surface area contributed by atoms with Gasteiger partial charge in [0.05, 0.1) is 11.8 Å². The number of nitrogens with zero attached hydrogens (tertiary/aromatic N) is 2. The number of thiazole rings is 1. The standard InChI is InChI=1S/C12H20N2OS/c1-8(2)14(6-10-4-5-10)12-13-11(7-16-12)9(3)15/h7-10,15H,4-6H2,1-3H3. The van der Waals surface area contributed by atoms with Crippen LogP contribution < -0.4 is 4.90 Å². The van der Waals surface area contributed by atoms with Gasteiger partial charge in [0.1, 0.15) is 0 Å². The fourth-order valence-electron chi connectivity index (χ4n) is 1.69. The van der Waals surface area contributed by atoms with Crippen LogP contribution in [0.15, 0.2) is 5.38 Å². The molecule has 1 heterocycles. The van der Waals surface area contributed by atoms with E-state index in [0.717, 1.165) is 23.3 Å². The SMILES string of the molecule is CC(O)c1csc(N(CC2CC2)C(C)C)n1. The summed E-state index contributed by atoms with van der Waals surface area (Å²) >= 11 is 1.64. The summed E-state index contributed by atoms with van der Waals surface area (Å²) in [6.07, 6.45) is 2.26. The van der Waals surface area contributed by atoms with Gasteiger partial charge in [-0.2, -0.15) is 0 Å². The van der Waals surface area contributed by atoms with Gasteiger partial charge in [0.25, 0.3) is 0 Å². The fourth-order valence-corrected chi connectivity index (χ4v) is 2.74. The molecule has 1 unspecified atom stereocenters. The Kier molecular flexibility index (Phi) is 3.50. The summed E-state index contributed by atoms with van der Waals surface area (Å²) in [5.41, 5.74) is 0.793. The summed E-state index contributed by atoms with van der Waals surface area (Å²) in [6, 6.07) is 0.480. The highest BCUT2D eigenvalue weighted by Crippen LogP contribution is 2.33. The molecule has 3 nitrogen and oxygen atoms in total. The number of rotatable bonds is 5. The third kappa shape index (κ3) is 2.74. The summed E-state index contributed by atoms with van der Waals surface area (Å²) in [7, 11) is 0. The normalized spacial score (nSPS) is 17.8. The van der Waals surface area contributed by atoms with Gasteiger partial charge in [-0.1, -0.05) is 0 Å². The minimum Gasteiger partial charge on any atom is -0.387 e. The molecule has 1 atom stereocenters. The van der Waals surface area contributed by atoms with Crippen molar-refractivity contribution in [2.75, 3.05) is 11.4 Å². The first-order chi connectivity index (χ1) is 7.58. The Morgan fingerprint density at radius 3 is 2.62 bits per heavy atom. The molecule has 1 aromatic heterocycles. The van der Waals surface area contributed by atoms with Gasteiger partial charge in [-0.25, -0.2) is 4.98 Å². The van der Waals surface area contributed by atoms with Crippen molar-refractivity contribution >= 4 is 16.5 Å². The molecule has 1 aromatic rings. The molecule has 0 aliphatic heterocycles. The van der Waals surface area contributed by atoms with Crippen molar-refractivity contribution in [3.8, 4) is 0 Å². The number of hydrogen-bond acceptors (Lipinski definition) is 4. The smallest absolute Gasteiger partial charge is 0.185 e. The number of hydrogen-bond donors (Lipinski definition) is 1. The predicted octanol–water partition coefficient (Wildman–Crippen LogP) is 2.82. The maximum atomic E-state index is 9.48. The largest absolute Gasteiger partial charge is 0.387 e. The average Bonchev–Trinajstić information content (AvgIpc) is 2.89. The Bertz CT molecular complexity index is 345. The Hall–Kier alpha value is -0.610. The lowest BCUT2D eigenvalue weighted by Crippen LogP contribution is -2.32. The number of aromatic nitrogens is 1. The van der Waals surface area contributed by atoms with E-state index in [1.165, 1.54) is 12.8 Å². The molecule has 1 N–H and O–H groups in total. The Balaban J connectivity index is 2.10. The van der Waals surface area contributed by atoms with Gasteiger partial charge in [0.15, 0.2) is 5.13 Å². The van der Waals surface area contributed by atoms with E-state index < -0.39 is 6.10 Å². The molecular weight excluding hydrogens is 220 g/mol. The first kappa shape index (κ1) is 11.9. The van der Waals surface area contributed by atoms with Crippen LogP contribution in [0.3, 0.4) is 0 Å². The summed E-state index contributed by atoms with van der Waals surface area (Å²) in [5, 5.41) is 12.5. The zero-order valence-corrected chi connectivity index (χ0v) is 11.0. The number of anilines is 1. The highest BCUT2D eigenvalue weighted by molar-refractivity contribution is 7.13. The number of aliphatic hydroxyl groups excluding tert-OH is 1. The highest BCUT2D eigenvalue weighted by Gasteiger charge is 2.27. The maximum Gasteiger partial charge on any atom is 0.185 e. The quantitative estimate of drug-likeness (QED) is 0.859. The van der Waals surface area contributed by atoms with E-state index in [1.807, 2.05) is 5.38 Å². The van der Waals surface area contributed by atoms with Crippen LogP contribution in [0.25, 0.3) is 0 Å². The van der Waals surface area contributed by atoms with Crippen LogP contribution in [0.2, 0.25) is 0 Å². The van der Waals surface area contributed by atoms with Gasteiger partial charge < -0.3 is 10.0 Å². The zero-order chi connectivity index (χ0) is 11.7. The lowest BCUT2D eigenvalue weighted by atomic mass is 10.3. The summed E-state index contributed by atoms with van der Waals surface area (Å²) in [6.45, 7) is 7.28. The second-order valence-corrected chi connectivity index (χ2v) is 5.76. The van der Waals surface area contributed by atoms with E-state index in [4.69, 9.17) is 0 Å². The molecule has 1 aliphatic rings. The first-order valence-corrected chi connectivity index (χ1v) is 6.86. The van der Waals surface area contributed by atoms with E-state index in [-0.39, 0.29) is 0 Å². The Labute approximate surface area is 101 Å². The van der Waals surface area contributed by atoms with Crippen molar-refractivity contribution in [3.63, 3.8) is 0 Å². The second kappa shape index (κ2) is 4.72. The van der Waals surface area contributed by atoms with Crippen LogP contribution >= 0.6 is 11.3 Å². The molecule has 2 rings (SSSR count). The molecule has 0 amide bonds. The fraction of sp³-hybridized carbons (Fsp3) is 0.750. The lowest BCUT2D eigenvalue weighted by Gasteiger charge is -2.26. The van der Waals surface area contributed by atoms with Gasteiger partial charge in [-0.15, -0.1) is 11.3 Å². The van der Waals surface area contributed by atoms with E-state index in [2.05, 4.69) is 23.7 Å². The minimum atomic E-state index is -0.458. The zero-order valence-electron chi connectivity index (χ0n) is 10.2. The van der Waals surface area contributed by atoms with E-state index >= 15 is 0 Å². The molecule has 0 aromatic carbocycles. The molecule has 0 spiro atoms. The van der Waals surface area contributed by atoms with Gasteiger partial charge in [-0.3, -0.25) is 0 Å². The molecule has 0 bridgehead atoms. The molecule has 4 heteroatoms. The van der Waals surface area contributed by atoms with Crippen molar-refractivity contribution < 1.29 is 5.11 Å². The molecular formula is C12H20N2OS. The topological polar surface area (TPSA) is 36.4 Å². The van der Waals surface area contributed by atoms with Gasteiger partial charge in [-0.05, 0) is 39.5 Å². The second-order valence-electron chi connectivity index (χ2n) is 4.92. The van der Waals surface area contributed by atoms with Crippen LogP contribution in [-0.4, -0.2) is 22.7 Å². The van der Waals surface area contributed by atoms with Crippen LogP contribution in [0, 0.1) is 5.92 Å². The van der Waals surface area contributed by atoms with Crippen molar-refractivity contribution in [1.82, 2.24) is 4.98 Å². The summed E-state index contributed by atoms with van der Waals surface area (Å²) in [5.74, 6) is 0.862. The van der Waals surface area contributed by atoms with Crippen LogP contribution in [0.1, 0.15) is 45.4 Å². The summed E-state index contributed by atoms with van der Waals surface area (Å²) < 4.78 is 0. The Morgan fingerprint density at radius 1 is 1.50 bits per heavy atom. The van der Waals surface area contributed by atoms with Gasteiger partial charge in [0.2, 0.25) is 0 Å². The lowest BCUT2D eigenvalue weighted by molar-refractivity contribution is 0.195. The van der Waals surface area contributed by atoms with Crippen LogP contribution in [-0.2, 0) is 0 Å². The highest BCUT2D eigenvalue weighted by atomic mass is 32.1. The van der Waals surface area contributed by atoms with Crippen molar-refractivity contribution in [2.45, 2.75) is 45.8 Å². The maximum absolute atomic E-state index is 9.48. The molecule has 1 aliphatic carbocycles. The van der Waals surface area contributed by atoms with Gasteiger partial charge in [0, 0.05) is 18.0 Å². The molecule has 0 saturated heterocycles. The van der Waals surface area contributed by atoms with Crippen LogP contribution in [0.4, 0.5) is 5.13 Å². The third-order valence-electron chi connectivity index (χ3n) is 2.96. The minimum absolute atomic E-state index is 0.458. The third-order valence-corrected chi connectivity index (χ3v) is 3.85. The molecule has 90 valence electrons. The van der Waals surface area contributed by atoms with Crippen molar-refractivity contribution in [1.29, 1.82) is 0 Å². The molecule has 16 heavy (non-hydrogen) atoms. The van der Waals surface area contributed by atoms with E-state index in [9.17, 15) is 5.11 Å². The van der Waals surface area contributed by atoms with E-state index in [1.54, 1.807) is 18.3 Å². The molecule has 0 radical (unpaired) electrons. The average molecular weight is 240 g/mol. The van der Waals surface area contributed by atoms with Gasteiger partial charge >= 0.3 is 0 Å². The number of aliphatic hydroxyl groups is 1. The Morgan fingerprint density at radius 2 is 2.19 bits per heavy atom.